The largest absolute Gasteiger partial charge is 0.395 e. The Bertz CT molecular complexity index is 617. The predicted octanol–water partition coefficient (Wildman–Crippen LogP) is 1.72. The average molecular weight is 329 g/mol. The fourth-order valence-electron chi connectivity index (χ4n) is 3.35. The highest BCUT2D eigenvalue weighted by Crippen LogP contribution is 2.21. The zero-order valence-electron chi connectivity index (χ0n) is 14.5. The highest BCUT2D eigenvalue weighted by atomic mass is 16.3. The second-order valence-corrected chi connectivity index (χ2v) is 6.42. The van der Waals surface area contributed by atoms with Gasteiger partial charge in [-0.3, -0.25) is 9.80 Å². The van der Waals surface area contributed by atoms with Crippen LogP contribution in [-0.4, -0.2) is 68.7 Å². The minimum atomic E-state index is 0.247. The van der Waals surface area contributed by atoms with Crippen LogP contribution in [0.1, 0.15) is 32.0 Å². The van der Waals surface area contributed by atoms with E-state index in [4.69, 9.17) is 0 Å². The maximum atomic E-state index is 9.47. The molecule has 0 aliphatic carbocycles. The fourth-order valence-corrected chi connectivity index (χ4v) is 3.35. The van der Waals surface area contributed by atoms with Crippen LogP contribution in [0.3, 0.4) is 0 Å². The Morgan fingerprint density at radius 2 is 1.75 bits per heavy atom. The lowest BCUT2D eigenvalue weighted by Gasteiger charge is -2.40. The van der Waals surface area contributed by atoms with Crippen molar-refractivity contribution in [3.63, 3.8) is 0 Å². The van der Waals surface area contributed by atoms with Gasteiger partial charge in [0.05, 0.1) is 30.2 Å². The molecule has 1 aliphatic heterocycles. The first-order chi connectivity index (χ1) is 11.7. The highest BCUT2D eigenvalue weighted by molar-refractivity contribution is 5.30. The van der Waals surface area contributed by atoms with Crippen molar-refractivity contribution in [1.29, 1.82) is 0 Å². The number of aliphatic hydroxyl groups excluding tert-OH is 1. The van der Waals surface area contributed by atoms with Crippen LogP contribution in [-0.2, 0) is 0 Å². The maximum absolute atomic E-state index is 9.47. The van der Waals surface area contributed by atoms with Crippen molar-refractivity contribution in [2.45, 2.75) is 32.4 Å². The van der Waals surface area contributed by atoms with Crippen LogP contribution in [0.25, 0.3) is 5.69 Å². The van der Waals surface area contributed by atoms with E-state index in [-0.39, 0.29) is 12.6 Å². The summed E-state index contributed by atoms with van der Waals surface area (Å²) in [6, 6.07) is 10.6. The average Bonchev–Trinajstić information content (AvgIpc) is 3.14. The summed E-state index contributed by atoms with van der Waals surface area (Å²) < 4.78 is 1.83. The number of hydrogen-bond acceptors (Lipinski definition) is 5. The van der Waals surface area contributed by atoms with Gasteiger partial charge in [0.15, 0.2) is 0 Å². The minimum absolute atomic E-state index is 0.247. The molecule has 2 aromatic rings. The Balaban J connectivity index is 1.62. The molecular weight excluding hydrogens is 302 g/mol. The van der Waals surface area contributed by atoms with Crippen molar-refractivity contribution in [2.75, 3.05) is 32.8 Å². The van der Waals surface area contributed by atoms with Crippen LogP contribution in [0.5, 0.6) is 0 Å². The topological polar surface area (TPSA) is 57.4 Å². The smallest absolute Gasteiger partial charge is 0.1000 e. The monoisotopic (exact) mass is 329 g/mol. The second-order valence-electron chi connectivity index (χ2n) is 6.42. The van der Waals surface area contributed by atoms with Crippen LogP contribution in [0.4, 0.5) is 0 Å². The first-order valence-electron chi connectivity index (χ1n) is 8.79. The summed E-state index contributed by atoms with van der Waals surface area (Å²) in [6.07, 6.45) is 3.02. The standard InChI is InChI=1S/C18H27N5O/c1-3-16(14-24)22-11-9-21(10-12-22)15(2)18-13-23(20-19-18)17-7-5-4-6-8-17/h4-8,13,15-16,24H,3,9-12,14H2,1-2H3. The first-order valence-corrected chi connectivity index (χ1v) is 8.79. The SMILES string of the molecule is CCC(CO)N1CCN(C(C)c2cn(-c3ccccc3)nn2)CC1. The van der Waals surface area contributed by atoms with E-state index in [9.17, 15) is 5.11 Å². The fraction of sp³-hybridized carbons (Fsp3) is 0.556. The molecule has 0 spiro atoms. The Morgan fingerprint density at radius 1 is 1.08 bits per heavy atom. The number of aromatic nitrogens is 3. The van der Waals surface area contributed by atoms with Gasteiger partial charge in [-0.1, -0.05) is 30.3 Å². The molecule has 1 saturated heterocycles. The third-order valence-electron chi connectivity index (χ3n) is 5.05. The number of para-hydroxylation sites is 1. The van der Waals surface area contributed by atoms with Crippen molar-refractivity contribution >= 4 is 0 Å². The lowest BCUT2D eigenvalue weighted by atomic mass is 10.1. The molecule has 0 bridgehead atoms. The van der Waals surface area contributed by atoms with E-state index in [1.54, 1.807) is 0 Å². The summed E-state index contributed by atoms with van der Waals surface area (Å²) in [4.78, 5) is 4.84. The van der Waals surface area contributed by atoms with Gasteiger partial charge < -0.3 is 5.11 Å². The zero-order valence-corrected chi connectivity index (χ0v) is 14.5. The van der Waals surface area contributed by atoms with E-state index in [0.29, 0.717) is 6.04 Å². The predicted molar refractivity (Wildman–Crippen MR) is 94.1 cm³/mol. The van der Waals surface area contributed by atoms with E-state index in [1.807, 2.05) is 41.2 Å². The zero-order chi connectivity index (χ0) is 16.9. The van der Waals surface area contributed by atoms with Crippen LogP contribution < -0.4 is 0 Å². The first kappa shape index (κ1) is 17.1. The van der Waals surface area contributed by atoms with E-state index >= 15 is 0 Å². The van der Waals surface area contributed by atoms with Crippen LogP contribution >= 0.6 is 0 Å². The summed E-state index contributed by atoms with van der Waals surface area (Å²) in [5.74, 6) is 0. The van der Waals surface area contributed by atoms with Crippen molar-refractivity contribution in [1.82, 2.24) is 24.8 Å². The van der Waals surface area contributed by atoms with Gasteiger partial charge in [0.1, 0.15) is 0 Å². The maximum Gasteiger partial charge on any atom is 0.1000 e. The minimum Gasteiger partial charge on any atom is -0.395 e. The summed E-state index contributed by atoms with van der Waals surface area (Å²) in [5.41, 5.74) is 2.03. The molecule has 2 unspecified atom stereocenters. The van der Waals surface area contributed by atoms with Gasteiger partial charge in [-0.2, -0.15) is 0 Å². The van der Waals surface area contributed by atoms with Gasteiger partial charge >= 0.3 is 0 Å². The summed E-state index contributed by atoms with van der Waals surface area (Å²) in [6.45, 7) is 8.56. The normalized spacial score (nSPS) is 19.3. The molecule has 3 rings (SSSR count). The number of aliphatic hydroxyl groups is 1. The second kappa shape index (κ2) is 7.88. The van der Waals surface area contributed by atoms with E-state index in [2.05, 4.69) is 34.0 Å². The lowest BCUT2D eigenvalue weighted by Crippen LogP contribution is -2.51. The summed E-state index contributed by atoms with van der Waals surface area (Å²) >= 11 is 0. The Kier molecular flexibility index (Phi) is 5.60. The highest BCUT2D eigenvalue weighted by Gasteiger charge is 2.26. The molecule has 1 fully saturated rings. The van der Waals surface area contributed by atoms with Crippen LogP contribution in [0.2, 0.25) is 0 Å². The lowest BCUT2D eigenvalue weighted by molar-refractivity contribution is 0.0478. The van der Waals surface area contributed by atoms with Crippen molar-refractivity contribution in [3.8, 4) is 5.69 Å². The molecular formula is C18H27N5O. The molecule has 0 amide bonds. The molecule has 6 heteroatoms. The third-order valence-corrected chi connectivity index (χ3v) is 5.05. The third kappa shape index (κ3) is 3.66. The quantitative estimate of drug-likeness (QED) is 0.874. The van der Waals surface area contributed by atoms with E-state index in [0.717, 1.165) is 44.0 Å². The number of piperazine rings is 1. The Labute approximate surface area is 143 Å². The van der Waals surface area contributed by atoms with Gasteiger partial charge in [-0.25, -0.2) is 4.68 Å². The molecule has 0 radical (unpaired) electrons. The number of hydrogen-bond donors (Lipinski definition) is 1. The summed E-state index contributed by atoms with van der Waals surface area (Å²) in [5, 5.41) is 18.1. The molecule has 6 nitrogen and oxygen atoms in total. The van der Waals surface area contributed by atoms with Gasteiger partial charge in [0, 0.05) is 32.2 Å². The summed E-state index contributed by atoms with van der Waals surface area (Å²) in [7, 11) is 0. The molecule has 1 aromatic carbocycles. The van der Waals surface area contributed by atoms with E-state index < -0.39 is 0 Å². The molecule has 2 heterocycles. The number of rotatable bonds is 6. The van der Waals surface area contributed by atoms with Crippen molar-refractivity contribution in [2.24, 2.45) is 0 Å². The van der Waals surface area contributed by atoms with Crippen LogP contribution in [0.15, 0.2) is 36.5 Å². The van der Waals surface area contributed by atoms with Gasteiger partial charge in [0.25, 0.3) is 0 Å². The molecule has 1 aromatic heterocycles. The number of benzene rings is 1. The number of nitrogens with zero attached hydrogens (tertiary/aromatic N) is 5. The molecule has 1 N–H and O–H groups in total. The van der Waals surface area contributed by atoms with Gasteiger partial charge in [-0.15, -0.1) is 5.10 Å². The Hall–Kier alpha value is -1.76. The van der Waals surface area contributed by atoms with Gasteiger partial charge in [0.2, 0.25) is 0 Å². The molecule has 24 heavy (non-hydrogen) atoms. The molecule has 1 aliphatic rings. The Morgan fingerprint density at radius 3 is 2.38 bits per heavy atom. The molecule has 130 valence electrons. The molecule has 2 atom stereocenters. The van der Waals surface area contributed by atoms with Gasteiger partial charge in [-0.05, 0) is 25.5 Å². The van der Waals surface area contributed by atoms with Crippen molar-refractivity contribution in [3.05, 3.63) is 42.2 Å². The van der Waals surface area contributed by atoms with Crippen LogP contribution in [0, 0.1) is 0 Å². The van der Waals surface area contributed by atoms with E-state index in [1.165, 1.54) is 0 Å². The molecule has 0 saturated carbocycles. The van der Waals surface area contributed by atoms with Crippen molar-refractivity contribution < 1.29 is 5.11 Å².